The van der Waals surface area contributed by atoms with Crippen LogP contribution in [0.2, 0.25) is 0 Å². The maximum absolute atomic E-state index is 12.4. The minimum Gasteiger partial charge on any atom is -0.487 e. The molecule has 0 heterocycles. The average molecular weight is 489 g/mol. The van der Waals surface area contributed by atoms with Crippen LogP contribution in [0.4, 0.5) is 0 Å². The lowest BCUT2D eigenvalue weighted by molar-refractivity contribution is -0.137. The quantitative estimate of drug-likeness (QED) is 0.183. The smallest absolute Gasteiger partial charge is 0.313 e. The Bertz CT molecular complexity index is 670. The Balaban J connectivity index is 2.75. The Morgan fingerprint density at radius 2 is 1.64 bits per heavy atom. The molecule has 0 spiro atoms. The molecular weight excluding hydrogens is 448 g/mol. The van der Waals surface area contributed by atoms with Gasteiger partial charge in [0, 0.05) is 17.9 Å². The standard InChI is InChI=1S/C24H40O8S/c1-17(2)24(27)32-23-20(19(4)33-16-18(3)21(26)15-25)7-6-8-22(23)31-14-13-30-12-11-29-10-9-28-5/h6-8,17-19,21,25-26H,9-16H2,1-5H3. The fraction of sp³-hybridized carbons (Fsp3) is 0.708. The number of ether oxygens (including phenoxy) is 5. The van der Waals surface area contributed by atoms with Gasteiger partial charge in [-0.3, -0.25) is 4.79 Å². The van der Waals surface area contributed by atoms with Gasteiger partial charge in [-0.15, -0.1) is 0 Å². The third-order valence-corrected chi connectivity index (χ3v) is 6.34. The summed E-state index contributed by atoms with van der Waals surface area (Å²) < 4.78 is 27.4. The van der Waals surface area contributed by atoms with Crippen LogP contribution in [0, 0.1) is 11.8 Å². The summed E-state index contributed by atoms with van der Waals surface area (Å²) in [5.41, 5.74) is 0.838. The van der Waals surface area contributed by atoms with Gasteiger partial charge in [0.2, 0.25) is 0 Å². The number of aliphatic hydroxyl groups is 2. The van der Waals surface area contributed by atoms with Gasteiger partial charge in [0.15, 0.2) is 11.5 Å². The molecule has 0 radical (unpaired) electrons. The van der Waals surface area contributed by atoms with Crippen LogP contribution in [0.5, 0.6) is 11.5 Å². The van der Waals surface area contributed by atoms with E-state index in [4.69, 9.17) is 28.8 Å². The first kappa shape index (κ1) is 29.7. The van der Waals surface area contributed by atoms with E-state index in [0.29, 0.717) is 56.9 Å². The van der Waals surface area contributed by atoms with E-state index >= 15 is 0 Å². The van der Waals surface area contributed by atoms with Crippen molar-refractivity contribution >= 4 is 17.7 Å². The Labute approximate surface area is 201 Å². The predicted octanol–water partition coefficient (Wildman–Crippen LogP) is 3.09. The first-order valence-electron chi connectivity index (χ1n) is 11.3. The molecule has 190 valence electrons. The summed E-state index contributed by atoms with van der Waals surface area (Å²) in [5, 5.41) is 19.0. The molecule has 0 fully saturated rings. The van der Waals surface area contributed by atoms with Crippen LogP contribution < -0.4 is 9.47 Å². The highest BCUT2D eigenvalue weighted by Crippen LogP contribution is 2.41. The van der Waals surface area contributed by atoms with Crippen molar-refractivity contribution in [1.82, 2.24) is 0 Å². The molecular formula is C24H40O8S. The number of carbonyl (C=O) groups is 1. The van der Waals surface area contributed by atoms with Crippen molar-refractivity contribution in [2.75, 3.05) is 59.1 Å². The number of aliphatic hydroxyl groups excluding tert-OH is 2. The maximum atomic E-state index is 12.4. The highest BCUT2D eigenvalue weighted by atomic mass is 32.2. The number of rotatable bonds is 18. The number of benzene rings is 1. The lowest BCUT2D eigenvalue weighted by Gasteiger charge is -2.22. The van der Waals surface area contributed by atoms with Gasteiger partial charge in [-0.25, -0.2) is 0 Å². The zero-order chi connectivity index (χ0) is 24.6. The molecule has 8 nitrogen and oxygen atoms in total. The molecule has 0 aliphatic rings. The van der Waals surface area contributed by atoms with Gasteiger partial charge in [-0.05, 0) is 24.7 Å². The molecule has 0 aliphatic carbocycles. The number of thioether (sulfide) groups is 1. The second-order valence-corrected chi connectivity index (χ2v) is 9.39. The summed E-state index contributed by atoms with van der Waals surface area (Å²) in [6.45, 7) is 9.89. The second kappa shape index (κ2) is 17.1. The SMILES string of the molecule is COCCOCCOCCOc1cccc(C(C)SCC(C)C(O)CO)c1OC(=O)C(C)C. The lowest BCUT2D eigenvalue weighted by Crippen LogP contribution is -2.23. The second-order valence-electron chi connectivity index (χ2n) is 8.02. The molecule has 1 aromatic carbocycles. The van der Waals surface area contributed by atoms with Crippen LogP contribution in [0.15, 0.2) is 18.2 Å². The van der Waals surface area contributed by atoms with Gasteiger partial charge in [-0.1, -0.05) is 32.9 Å². The number of hydrogen-bond donors (Lipinski definition) is 2. The zero-order valence-corrected chi connectivity index (χ0v) is 21.3. The average Bonchev–Trinajstić information content (AvgIpc) is 2.81. The molecule has 33 heavy (non-hydrogen) atoms. The van der Waals surface area contributed by atoms with Crippen molar-refractivity contribution in [2.24, 2.45) is 11.8 Å². The van der Waals surface area contributed by atoms with Crippen LogP contribution in [-0.2, 0) is 19.0 Å². The van der Waals surface area contributed by atoms with Gasteiger partial charge in [-0.2, -0.15) is 11.8 Å². The molecule has 0 amide bonds. The van der Waals surface area contributed by atoms with Gasteiger partial charge < -0.3 is 33.9 Å². The Morgan fingerprint density at radius 3 is 2.24 bits per heavy atom. The normalized spacial score (nSPS) is 14.2. The fourth-order valence-electron chi connectivity index (χ4n) is 2.65. The van der Waals surface area contributed by atoms with E-state index in [1.54, 1.807) is 38.8 Å². The summed E-state index contributed by atoms with van der Waals surface area (Å²) >= 11 is 1.62. The molecule has 0 bridgehead atoms. The number of para-hydroxylation sites is 1. The van der Waals surface area contributed by atoms with Crippen molar-refractivity contribution in [1.29, 1.82) is 0 Å². The van der Waals surface area contributed by atoms with Gasteiger partial charge in [0.1, 0.15) is 6.61 Å². The molecule has 0 aliphatic heterocycles. The minimum atomic E-state index is -0.761. The largest absolute Gasteiger partial charge is 0.487 e. The van der Waals surface area contributed by atoms with Crippen LogP contribution in [-0.4, -0.2) is 81.4 Å². The number of carbonyl (C=O) groups excluding carboxylic acids is 1. The first-order valence-corrected chi connectivity index (χ1v) is 12.4. The maximum Gasteiger partial charge on any atom is 0.313 e. The summed E-state index contributed by atoms with van der Waals surface area (Å²) in [7, 11) is 1.63. The van der Waals surface area contributed by atoms with Crippen molar-refractivity contribution in [3.8, 4) is 11.5 Å². The van der Waals surface area contributed by atoms with Gasteiger partial charge in [0.05, 0.1) is 51.7 Å². The Morgan fingerprint density at radius 1 is 1.00 bits per heavy atom. The van der Waals surface area contributed by atoms with Crippen LogP contribution in [0.1, 0.15) is 38.5 Å². The molecule has 3 unspecified atom stereocenters. The summed E-state index contributed by atoms with van der Waals surface area (Å²) in [5.74, 6) is 0.852. The van der Waals surface area contributed by atoms with E-state index in [1.165, 1.54) is 0 Å². The molecule has 3 atom stereocenters. The molecule has 2 N–H and O–H groups in total. The highest BCUT2D eigenvalue weighted by Gasteiger charge is 2.22. The minimum absolute atomic E-state index is 0.0163. The van der Waals surface area contributed by atoms with E-state index in [1.807, 2.05) is 26.0 Å². The first-order chi connectivity index (χ1) is 15.8. The van der Waals surface area contributed by atoms with E-state index in [2.05, 4.69) is 0 Å². The predicted molar refractivity (Wildman–Crippen MR) is 129 cm³/mol. The zero-order valence-electron chi connectivity index (χ0n) is 20.5. The molecule has 1 aromatic rings. The summed E-state index contributed by atoms with van der Waals surface area (Å²) in [6.07, 6.45) is -0.761. The van der Waals surface area contributed by atoms with E-state index in [9.17, 15) is 9.90 Å². The number of hydrogen-bond acceptors (Lipinski definition) is 9. The number of methoxy groups -OCH3 is 1. The van der Waals surface area contributed by atoms with Crippen molar-refractivity contribution in [2.45, 2.75) is 39.0 Å². The van der Waals surface area contributed by atoms with Crippen LogP contribution in [0.25, 0.3) is 0 Å². The van der Waals surface area contributed by atoms with Gasteiger partial charge in [0.25, 0.3) is 0 Å². The van der Waals surface area contributed by atoms with E-state index in [-0.39, 0.29) is 29.7 Å². The topological polar surface area (TPSA) is 104 Å². The molecule has 9 heteroatoms. The molecule has 0 saturated heterocycles. The van der Waals surface area contributed by atoms with Gasteiger partial charge >= 0.3 is 5.97 Å². The summed E-state index contributed by atoms with van der Waals surface area (Å²) in [4.78, 5) is 12.4. The lowest BCUT2D eigenvalue weighted by atomic mass is 10.1. The van der Waals surface area contributed by atoms with Crippen LogP contribution in [0.3, 0.4) is 0 Å². The van der Waals surface area contributed by atoms with Crippen LogP contribution >= 0.6 is 11.8 Å². The molecule has 1 rings (SSSR count). The molecule has 0 saturated carbocycles. The van der Waals surface area contributed by atoms with Crippen molar-refractivity contribution in [3.63, 3.8) is 0 Å². The van der Waals surface area contributed by atoms with Crippen molar-refractivity contribution in [3.05, 3.63) is 23.8 Å². The Kier molecular flexibility index (Phi) is 15.4. The third kappa shape index (κ3) is 11.6. The van der Waals surface area contributed by atoms with E-state index < -0.39 is 6.10 Å². The highest BCUT2D eigenvalue weighted by molar-refractivity contribution is 7.99. The third-order valence-electron chi connectivity index (χ3n) is 4.86. The Hall–Kier alpha value is -1.36. The van der Waals surface area contributed by atoms with E-state index in [0.717, 1.165) is 5.56 Å². The summed E-state index contributed by atoms with van der Waals surface area (Å²) in [6, 6.07) is 5.55. The molecule has 0 aromatic heterocycles. The fourth-order valence-corrected chi connectivity index (χ4v) is 3.83. The monoisotopic (exact) mass is 488 g/mol. The van der Waals surface area contributed by atoms with Crippen molar-refractivity contribution < 1.29 is 38.7 Å². The number of esters is 1.